The highest BCUT2D eigenvalue weighted by Gasteiger charge is 2.18. The molecule has 0 spiro atoms. The molecule has 1 aromatic rings. The minimum absolute atomic E-state index is 0.315. The molecule has 6 heteroatoms. The van der Waals surface area contributed by atoms with E-state index in [1.54, 1.807) is 12.2 Å². The van der Waals surface area contributed by atoms with Gasteiger partial charge >= 0.3 is 0 Å². The molecule has 1 aromatic heterocycles. The lowest BCUT2D eigenvalue weighted by Crippen LogP contribution is -2.34. The van der Waals surface area contributed by atoms with Gasteiger partial charge in [-0.15, -0.1) is 13.2 Å². The standard InChI is InChI=1S/C15H21N5O/c1-3-7-16-13-11-14(19-15(18-13)17-8-4-2)20-9-5-12(21)6-10-20/h3-4,11H,1-2,5-10H2,(H2,16,17,18,19). The van der Waals surface area contributed by atoms with E-state index < -0.39 is 0 Å². The summed E-state index contributed by atoms with van der Waals surface area (Å²) in [4.78, 5) is 22.4. The molecule has 2 heterocycles. The van der Waals surface area contributed by atoms with Crippen LogP contribution in [0.25, 0.3) is 0 Å². The predicted molar refractivity (Wildman–Crippen MR) is 85.9 cm³/mol. The molecule has 0 saturated carbocycles. The number of nitrogens with one attached hydrogen (secondary N) is 2. The van der Waals surface area contributed by atoms with Gasteiger partial charge in [-0.1, -0.05) is 12.2 Å². The summed E-state index contributed by atoms with van der Waals surface area (Å²) in [6.45, 7) is 10.0. The second kappa shape index (κ2) is 7.42. The Morgan fingerprint density at radius 1 is 1.14 bits per heavy atom. The molecule has 1 saturated heterocycles. The molecule has 0 aromatic carbocycles. The number of carbonyl (C=O) groups is 1. The van der Waals surface area contributed by atoms with Gasteiger partial charge in [0.1, 0.15) is 17.4 Å². The van der Waals surface area contributed by atoms with Crippen LogP contribution in [-0.4, -0.2) is 41.9 Å². The van der Waals surface area contributed by atoms with Gasteiger partial charge in [0.2, 0.25) is 5.95 Å². The summed E-state index contributed by atoms with van der Waals surface area (Å²) in [5.41, 5.74) is 0. The fourth-order valence-electron chi connectivity index (χ4n) is 2.09. The Balaban J connectivity index is 2.18. The molecule has 1 aliphatic heterocycles. The number of piperidine rings is 1. The third kappa shape index (κ3) is 4.30. The van der Waals surface area contributed by atoms with Gasteiger partial charge in [0.05, 0.1) is 0 Å². The van der Waals surface area contributed by atoms with E-state index in [1.807, 2.05) is 6.07 Å². The second-order valence-corrected chi connectivity index (χ2v) is 4.80. The first-order chi connectivity index (χ1) is 10.2. The lowest BCUT2D eigenvalue weighted by molar-refractivity contribution is -0.119. The van der Waals surface area contributed by atoms with Crippen molar-refractivity contribution in [1.29, 1.82) is 0 Å². The van der Waals surface area contributed by atoms with Crippen LogP contribution in [-0.2, 0) is 4.79 Å². The van der Waals surface area contributed by atoms with Crippen molar-refractivity contribution < 1.29 is 4.79 Å². The summed E-state index contributed by atoms with van der Waals surface area (Å²) in [5, 5.41) is 6.27. The Morgan fingerprint density at radius 2 is 1.81 bits per heavy atom. The topological polar surface area (TPSA) is 70.2 Å². The molecule has 21 heavy (non-hydrogen) atoms. The minimum atomic E-state index is 0.315. The molecule has 0 unspecified atom stereocenters. The number of nitrogens with zero attached hydrogens (tertiary/aromatic N) is 3. The molecule has 0 amide bonds. The minimum Gasteiger partial charge on any atom is -0.366 e. The van der Waals surface area contributed by atoms with Crippen LogP contribution < -0.4 is 15.5 Å². The molecular formula is C15H21N5O. The van der Waals surface area contributed by atoms with Crippen LogP contribution in [0.5, 0.6) is 0 Å². The van der Waals surface area contributed by atoms with E-state index in [9.17, 15) is 4.79 Å². The molecule has 2 N–H and O–H groups in total. The first kappa shape index (κ1) is 15.0. The fraction of sp³-hybridized carbons (Fsp3) is 0.400. The maximum Gasteiger partial charge on any atom is 0.226 e. The van der Waals surface area contributed by atoms with Crippen LogP contribution >= 0.6 is 0 Å². The fourth-order valence-corrected chi connectivity index (χ4v) is 2.09. The molecule has 0 bridgehead atoms. The predicted octanol–water partition coefficient (Wildman–Crippen LogP) is 1.84. The van der Waals surface area contributed by atoms with Gasteiger partial charge in [-0.05, 0) is 0 Å². The Hall–Kier alpha value is -2.37. The highest BCUT2D eigenvalue weighted by atomic mass is 16.1. The SMILES string of the molecule is C=CCNc1cc(N2CCC(=O)CC2)nc(NCC=C)n1. The summed E-state index contributed by atoms with van der Waals surface area (Å²) >= 11 is 0. The molecule has 0 atom stereocenters. The van der Waals surface area contributed by atoms with Crippen molar-refractivity contribution in [1.82, 2.24) is 9.97 Å². The first-order valence-corrected chi connectivity index (χ1v) is 7.08. The third-order valence-corrected chi connectivity index (χ3v) is 3.19. The normalized spacial score (nSPS) is 14.7. The van der Waals surface area contributed by atoms with Crippen molar-refractivity contribution in [2.45, 2.75) is 12.8 Å². The van der Waals surface area contributed by atoms with Crippen LogP contribution in [0, 0.1) is 0 Å². The van der Waals surface area contributed by atoms with E-state index in [0.717, 1.165) is 11.6 Å². The molecule has 6 nitrogen and oxygen atoms in total. The highest BCUT2D eigenvalue weighted by molar-refractivity contribution is 5.81. The van der Waals surface area contributed by atoms with Crippen LogP contribution in [0.3, 0.4) is 0 Å². The monoisotopic (exact) mass is 287 g/mol. The van der Waals surface area contributed by atoms with Crippen molar-refractivity contribution in [3.05, 3.63) is 31.4 Å². The van der Waals surface area contributed by atoms with E-state index in [2.05, 4.69) is 38.7 Å². The summed E-state index contributed by atoms with van der Waals surface area (Å²) in [7, 11) is 0. The van der Waals surface area contributed by atoms with E-state index in [-0.39, 0.29) is 0 Å². The average molecular weight is 287 g/mol. The van der Waals surface area contributed by atoms with Gasteiger partial charge < -0.3 is 15.5 Å². The summed E-state index contributed by atoms with van der Waals surface area (Å²) < 4.78 is 0. The molecule has 0 radical (unpaired) electrons. The smallest absolute Gasteiger partial charge is 0.226 e. The lowest BCUT2D eigenvalue weighted by Gasteiger charge is -2.27. The van der Waals surface area contributed by atoms with Crippen LogP contribution in [0.2, 0.25) is 0 Å². The maximum absolute atomic E-state index is 11.4. The first-order valence-electron chi connectivity index (χ1n) is 7.08. The highest BCUT2D eigenvalue weighted by Crippen LogP contribution is 2.21. The van der Waals surface area contributed by atoms with Gasteiger partial charge in [0, 0.05) is 45.1 Å². The zero-order valence-electron chi connectivity index (χ0n) is 12.1. The molecule has 1 aliphatic rings. The number of Topliss-reactive ketones (excluding diaryl/α,β-unsaturated/α-hetero) is 1. The van der Waals surface area contributed by atoms with Gasteiger partial charge in [-0.25, -0.2) is 0 Å². The van der Waals surface area contributed by atoms with Crippen molar-refractivity contribution in [3.8, 4) is 0 Å². The van der Waals surface area contributed by atoms with Crippen LogP contribution in [0.1, 0.15) is 12.8 Å². The second-order valence-electron chi connectivity index (χ2n) is 4.80. The largest absolute Gasteiger partial charge is 0.366 e. The number of hydrogen-bond donors (Lipinski definition) is 2. The summed E-state index contributed by atoms with van der Waals surface area (Å²) in [6.07, 6.45) is 4.69. The van der Waals surface area contributed by atoms with E-state index in [1.165, 1.54) is 0 Å². The Bertz CT molecular complexity index is 489. The van der Waals surface area contributed by atoms with Gasteiger partial charge in [0.15, 0.2) is 0 Å². The maximum atomic E-state index is 11.4. The summed E-state index contributed by atoms with van der Waals surface area (Å²) in [6, 6.07) is 1.90. The Kier molecular flexibility index (Phi) is 5.31. The zero-order chi connectivity index (χ0) is 15.1. The number of aromatic nitrogens is 2. The number of rotatable bonds is 7. The number of carbonyl (C=O) groups excluding carboxylic acids is 1. The Morgan fingerprint density at radius 3 is 2.48 bits per heavy atom. The van der Waals surface area contributed by atoms with E-state index in [4.69, 9.17) is 0 Å². The number of hydrogen-bond acceptors (Lipinski definition) is 6. The van der Waals surface area contributed by atoms with Crippen molar-refractivity contribution >= 4 is 23.4 Å². The van der Waals surface area contributed by atoms with Crippen molar-refractivity contribution in [2.24, 2.45) is 0 Å². The third-order valence-electron chi connectivity index (χ3n) is 3.19. The molecular weight excluding hydrogens is 266 g/mol. The van der Waals surface area contributed by atoms with Gasteiger partial charge in [0.25, 0.3) is 0 Å². The van der Waals surface area contributed by atoms with Gasteiger partial charge in [-0.3, -0.25) is 4.79 Å². The lowest BCUT2D eigenvalue weighted by atomic mass is 10.1. The average Bonchev–Trinajstić information content (AvgIpc) is 2.51. The summed E-state index contributed by atoms with van der Waals surface area (Å²) in [5.74, 6) is 2.44. The zero-order valence-corrected chi connectivity index (χ0v) is 12.1. The van der Waals surface area contributed by atoms with E-state index >= 15 is 0 Å². The molecule has 112 valence electrons. The molecule has 0 aliphatic carbocycles. The quantitative estimate of drug-likeness (QED) is 0.746. The number of ketones is 1. The molecule has 1 fully saturated rings. The van der Waals surface area contributed by atoms with Crippen LogP contribution in [0.4, 0.5) is 17.6 Å². The van der Waals surface area contributed by atoms with Crippen LogP contribution in [0.15, 0.2) is 31.4 Å². The van der Waals surface area contributed by atoms with Crippen molar-refractivity contribution in [2.75, 3.05) is 41.7 Å². The molecule has 2 rings (SSSR count). The number of anilines is 3. The van der Waals surface area contributed by atoms with E-state index in [0.29, 0.717) is 50.8 Å². The van der Waals surface area contributed by atoms with Gasteiger partial charge in [-0.2, -0.15) is 9.97 Å². The van der Waals surface area contributed by atoms with Crippen molar-refractivity contribution in [3.63, 3.8) is 0 Å². The Labute approximate surface area is 125 Å².